The molecule has 0 saturated heterocycles. The summed E-state index contributed by atoms with van der Waals surface area (Å²) in [6.07, 6.45) is 1.84. The van der Waals surface area contributed by atoms with E-state index in [0.717, 1.165) is 24.1 Å². The summed E-state index contributed by atoms with van der Waals surface area (Å²) < 4.78 is 0. The van der Waals surface area contributed by atoms with Crippen molar-refractivity contribution in [1.82, 2.24) is 10.2 Å². The highest BCUT2D eigenvalue weighted by Crippen LogP contribution is 2.28. The summed E-state index contributed by atoms with van der Waals surface area (Å²) in [5.74, 6) is 0.375. The number of rotatable bonds is 4. The number of fused-ring (bicyclic) bond motifs is 1. The minimum Gasteiger partial charge on any atom is -0.192 e. The zero-order chi connectivity index (χ0) is 16.2. The smallest absolute Gasteiger partial charge is 0.0991 e. The van der Waals surface area contributed by atoms with Gasteiger partial charge in [0, 0.05) is 11.3 Å². The number of hydrogen-bond donors (Lipinski definition) is 0. The molecule has 0 amide bonds. The Kier molecular flexibility index (Phi) is 4.34. The van der Waals surface area contributed by atoms with Gasteiger partial charge in [0.25, 0.3) is 0 Å². The Labute approximate surface area is 136 Å². The van der Waals surface area contributed by atoms with Crippen molar-refractivity contribution < 1.29 is 0 Å². The molecule has 0 aliphatic carbocycles. The first-order valence-corrected chi connectivity index (χ1v) is 7.96. The summed E-state index contributed by atoms with van der Waals surface area (Å²) in [7, 11) is 0. The highest BCUT2D eigenvalue weighted by atomic mass is 15.1. The van der Waals surface area contributed by atoms with Crippen molar-refractivity contribution in [2.45, 2.75) is 32.6 Å². The van der Waals surface area contributed by atoms with Gasteiger partial charge in [-0.1, -0.05) is 44.2 Å². The normalized spacial score (nSPS) is 12.0. The van der Waals surface area contributed by atoms with Gasteiger partial charge in [0.1, 0.15) is 0 Å². The molecule has 1 atom stereocenters. The zero-order valence-electron chi connectivity index (χ0n) is 13.5. The van der Waals surface area contributed by atoms with Crippen LogP contribution in [0.4, 0.5) is 0 Å². The van der Waals surface area contributed by atoms with Crippen molar-refractivity contribution in [1.29, 1.82) is 5.26 Å². The van der Waals surface area contributed by atoms with Crippen LogP contribution in [0, 0.1) is 11.3 Å². The zero-order valence-corrected chi connectivity index (χ0v) is 13.5. The molecular formula is C20H19N3. The molecule has 0 radical (unpaired) electrons. The van der Waals surface area contributed by atoms with Crippen LogP contribution in [-0.4, -0.2) is 10.2 Å². The second kappa shape index (κ2) is 6.58. The Balaban J connectivity index is 2.10. The fourth-order valence-electron chi connectivity index (χ4n) is 2.80. The van der Waals surface area contributed by atoms with E-state index in [-0.39, 0.29) is 0 Å². The van der Waals surface area contributed by atoms with E-state index in [0.29, 0.717) is 11.5 Å². The molecule has 0 saturated carbocycles. The molecule has 0 bridgehead atoms. The van der Waals surface area contributed by atoms with E-state index in [9.17, 15) is 0 Å². The van der Waals surface area contributed by atoms with Crippen molar-refractivity contribution >= 4 is 10.9 Å². The monoisotopic (exact) mass is 301 g/mol. The predicted octanol–water partition coefficient (Wildman–Crippen LogP) is 4.61. The summed E-state index contributed by atoms with van der Waals surface area (Å²) in [6, 6.07) is 18.1. The van der Waals surface area contributed by atoms with E-state index in [2.05, 4.69) is 36.2 Å². The van der Waals surface area contributed by atoms with Crippen LogP contribution in [0.3, 0.4) is 0 Å². The molecule has 0 spiro atoms. The first-order valence-electron chi connectivity index (χ1n) is 7.96. The first-order chi connectivity index (χ1) is 11.2. The molecule has 114 valence electrons. The van der Waals surface area contributed by atoms with E-state index in [1.165, 1.54) is 16.5 Å². The fraction of sp³-hybridized carbons (Fsp3) is 0.250. The average molecular weight is 301 g/mol. The standard InChI is InChI=1S/C20H19N3/c1-3-14(2)20-18(12-15-8-10-16(13-21)11-9-15)17-6-4-5-7-19(17)22-23-20/h4-11,14H,3,12H2,1-2H3. The summed E-state index contributed by atoms with van der Waals surface area (Å²) in [5, 5.41) is 19.0. The molecule has 2 aromatic carbocycles. The molecule has 0 N–H and O–H groups in total. The molecule has 0 aliphatic rings. The van der Waals surface area contributed by atoms with Gasteiger partial charge < -0.3 is 0 Å². The Bertz CT molecular complexity index is 860. The molecule has 0 aliphatic heterocycles. The Morgan fingerprint density at radius 2 is 1.78 bits per heavy atom. The Morgan fingerprint density at radius 1 is 1.04 bits per heavy atom. The van der Waals surface area contributed by atoms with Crippen LogP contribution in [-0.2, 0) is 6.42 Å². The fourth-order valence-corrected chi connectivity index (χ4v) is 2.80. The van der Waals surface area contributed by atoms with Crippen molar-refractivity contribution in [3.8, 4) is 6.07 Å². The lowest BCUT2D eigenvalue weighted by Crippen LogP contribution is -2.06. The molecule has 23 heavy (non-hydrogen) atoms. The predicted molar refractivity (Wildman–Crippen MR) is 92.2 cm³/mol. The minimum atomic E-state index is 0.375. The van der Waals surface area contributed by atoms with E-state index < -0.39 is 0 Å². The third-order valence-corrected chi connectivity index (χ3v) is 4.35. The second-order valence-corrected chi connectivity index (χ2v) is 5.88. The van der Waals surface area contributed by atoms with Gasteiger partial charge in [0.2, 0.25) is 0 Å². The maximum absolute atomic E-state index is 8.94. The van der Waals surface area contributed by atoms with Gasteiger partial charge in [-0.3, -0.25) is 0 Å². The van der Waals surface area contributed by atoms with Crippen LogP contribution in [0.25, 0.3) is 10.9 Å². The lowest BCUT2D eigenvalue weighted by molar-refractivity contribution is 0.685. The number of nitrogens with zero attached hydrogens (tertiary/aromatic N) is 3. The third-order valence-electron chi connectivity index (χ3n) is 4.35. The average Bonchev–Trinajstić information content (AvgIpc) is 2.62. The lowest BCUT2D eigenvalue weighted by Gasteiger charge is -2.15. The van der Waals surface area contributed by atoms with E-state index in [1.807, 2.05) is 42.5 Å². The summed E-state index contributed by atoms with van der Waals surface area (Å²) in [4.78, 5) is 0. The maximum Gasteiger partial charge on any atom is 0.0991 e. The van der Waals surface area contributed by atoms with Crippen LogP contribution in [0.2, 0.25) is 0 Å². The molecule has 3 heteroatoms. The topological polar surface area (TPSA) is 49.6 Å². The van der Waals surface area contributed by atoms with Crippen molar-refractivity contribution in [2.75, 3.05) is 0 Å². The molecule has 3 aromatic rings. The van der Waals surface area contributed by atoms with Gasteiger partial charge in [-0.05, 0) is 42.2 Å². The van der Waals surface area contributed by atoms with Gasteiger partial charge in [-0.15, -0.1) is 0 Å². The molecule has 1 unspecified atom stereocenters. The van der Waals surface area contributed by atoms with Gasteiger partial charge >= 0.3 is 0 Å². The van der Waals surface area contributed by atoms with Crippen LogP contribution < -0.4 is 0 Å². The van der Waals surface area contributed by atoms with Crippen LogP contribution in [0.15, 0.2) is 48.5 Å². The number of nitriles is 1. The highest BCUT2D eigenvalue weighted by molar-refractivity contribution is 5.82. The highest BCUT2D eigenvalue weighted by Gasteiger charge is 2.15. The van der Waals surface area contributed by atoms with Gasteiger partial charge in [0.05, 0.1) is 22.8 Å². The number of aromatic nitrogens is 2. The Hall–Kier alpha value is -2.73. The molecular weight excluding hydrogens is 282 g/mol. The van der Waals surface area contributed by atoms with E-state index in [4.69, 9.17) is 5.26 Å². The van der Waals surface area contributed by atoms with Crippen LogP contribution in [0.5, 0.6) is 0 Å². The van der Waals surface area contributed by atoms with Gasteiger partial charge in [-0.2, -0.15) is 15.5 Å². The quantitative estimate of drug-likeness (QED) is 0.707. The van der Waals surface area contributed by atoms with Gasteiger partial charge in [0.15, 0.2) is 0 Å². The molecule has 1 heterocycles. The summed E-state index contributed by atoms with van der Waals surface area (Å²) in [5.41, 5.74) is 5.13. The molecule has 3 nitrogen and oxygen atoms in total. The van der Waals surface area contributed by atoms with Gasteiger partial charge in [-0.25, -0.2) is 0 Å². The molecule has 3 rings (SSSR count). The van der Waals surface area contributed by atoms with Crippen molar-refractivity contribution in [3.63, 3.8) is 0 Å². The lowest BCUT2D eigenvalue weighted by atomic mass is 9.92. The number of hydrogen-bond acceptors (Lipinski definition) is 3. The summed E-state index contributed by atoms with van der Waals surface area (Å²) >= 11 is 0. The van der Waals surface area contributed by atoms with Crippen LogP contribution in [0.1, 0.15) is 48.6 Å². The first kappa shape index (κ1) is 15.2. The van der Waals surface area contributed by atoms with E-state index >= 15 is 0 Å². The maximum atomic E-state index is 8.94. The number of benzene rings is 2. The summed E-state index contributed by atoms with van der Waals surface area (Å²) in [6.45, 7) is 4.37. The molecule has 0 fully saturated rings. The Morgan fingerprint density at radius 3 is 2.48 bits per heavy atom. The SMILES string of the molecule is CCC(C)c1nnc2ccccc2c1Cc1ccc(C#N)cc1. The van der Waals surface area contributed by atoms with Crippen molar-refractivity contribution in [2.24, 2.45) is 0 Å². The van der Waals surface area contributed by atoms with E-state index in [1.54, 1.807) is 0 Å². The third kappa shape index (κ3) is 3.07. The van der Waals surface area contributed by atoms with Crippen molar-refractivity contribution in [3.05, 3.63) is 70.9 Å². The molecule has 1 aromatic heterocycles. The minimum absolute atomic E-state index is 0.375. The largest absolute Gasteiger partial charge is 0.192 e. The van der Waals surface area contributed by atoms with Crippen LogP contribution >= 0.6 is 0 Å². The second-order valence-electron chi connectivity index (χ2n) is 5.88.